The Morgan fingerprint density at radius 1 is 1.15 bits per heavy atom. The summed E-state index contributed by atoms with van der Waals surface area (Å²) in [7, 11) is 3.31. The minimum atomic E-state index is -1.44. The number of ether oxygens (including phenoxy) is 3. The molecule has 34 heavy (non-hydrogen) atoms. The highest BCUT2D eigenvalue weighted by Crippen LogP contribution is 2.45. The third-order valence-corrected chi connectivity index (χ3v) is 7.15. The van der Waals surface area contributed by atoms with Gasteiger partial charge in [0, 0.05) is 25.6 Å². The Morgan fingerprint density at radius 2 is 1.85 bits per heavy atom. The summed E-state index contributed by atoms with van der Waals surface area (Å²) in [4.78, 5) is 25.6. The second kappa shape index (κ2) is 11.9. The van der Waals surface area contributed by atoms with Crippen LogP contribution in [0.2, 0.25) is 0 Å². The molecule has 190 valence electrons. The van der Waals surface area contributed by atoms with Crippen LogP contribution in [0.15, 0.2) is 12.1 Å². The van der Waals surface area contributed by atoms with Crippen molar-refractivity contribution in [2.45, 2.75) is 64.5 Å². The fourth-order valence-corrected chi connectivity index (χ4v) is 5.42. The first-order valence-corrected chi connectivity index (χ1v) is 12.3. The number of carbonyl (C=O) groups is 2. The third kappa shape index (κ3) is 6.42. The van der Waals surface area contributed by atoms with Crippen LogP contribution >= 0.6 is 0 Å². The maximum absolute atomic E-state index is 12.3. The number of rotatable bonds is 11. The van der Waals surface area contributed by atoms with Crippen LogP contribution in [0.3, 0.4) is 0 Å². The lowest BCUT2D eigenvalue weighted by molar-refractivity contribution is -0.149. The molecule has 0 aromatic heterocycles. The number of methoxy groups -OCH3 is 2. The highest BCUT2D eigenvalue weighted by atomic mass is 16.5. The average molecular weight is 478 g/mol. The summed E-state index contributed by atoms with van der Waals surface area (Å²) in [6.07, 6.45) is 1.97. The van der Waals surface area contributed by atoms with Crippen LogP contribution in [0.5, 0.6) is 11.5 Å². The van der Waals surface area contributed by atoms with E-state index >= 15 is 0 Å². The lowest BCUT2D eigenvalue weighted by atomic mass is 9.74. The van der Waals surface area contributed by atoms with Crippen molar-refractivity contribution < 1.29 is 34.0 Å². The Kier molecular flexibility index (Phi) is 9.19. The number of aliphatic hydroxyl groups is 1. The summed E-state index contributed by atoms with van der Waals surface area (Å²) >= 11 is 0. The molecule has 0 amide bonds. The predicted molar refractivity (Wildman–Crippen MR) is 127 cm³/mol. The van der Waals surface area contributed by atoms with Gasteiger partial charge in [-0.05, 0) is 73.1 Å². The predicted octanol–water partition coefficient (Wildman–Crippen LogP) is 3.44. The molecule has 0 spiro atoms. The number of carboxylic acid groups (broad SMARTS) is 1. The van der Waals surface area contributed by atoms with Crippen molar-refractivity contribution >= 4 is 11.9 Å². The summed E-state index contributed by atoms with van der Waals surface area (Å²) in [5.41, 5.74) is 2.56. The van der Waals surface area contributed by atoms with E-state index in [0.29, 0.717) is 18.4 Å². The number of fused-ring (bicyclic) bond motifs is 3. The maximum atomic E-state index is 12.3. The van der Waals surface area contributed by atoms with Gasteiger partial charge in [0.05, 0.1) is 20.8 Å². The quantitative estimate of drug-likeness (QED) is 0.467. The Bertz CT molecular complexity index is 856. The molecule has 1 aromatic carbocycles. The highest BCUT2D eigenvalue weighted by Gasteiger charge is 2.40. The topological polar surface area (TPSA) is 106 Å². The van der Waals surface area contributed by atoms with Gasteiger partial charge in [-0.25, -0.2) is 4.79 Å². The molecule has 1 fully saturated rings. The molecular weight excluding hydrogens is 438 g/mol. The number of aliphatic carboxylic acids is 1. The number of hydrogen-bond donors (Lipinski definition) is 2. The van der Waals surface area contributed by atoms with Crippen molar-refractivity contribution in [3.63, 3.8) is 0 Å². The molecule has 4 atom stereocenters. The van der Waals surface area contributed by atoms with Crippen LogP contribution in [0.1, 0.15) is 63.1 Å². The van der Waals surface area contributed by atoms with E-state index in [2.05, 4.69) is 30.9 Å². The monoisotopic (exact) mass is 477 g/mol. The summed E-state index contributed by atoms with van der Waals surface area (Å²) in [5, 5.41) is 18.1. The SMILES string of the molecule is COc1cc2c(cc1OC)[C@H]1C[C@@H](COC(=O)CCC[C@H](O)C(=O)O)[C@H](CC(C)C)CN1CC2. The maximum Gasteiger partial charge on any atom is 0.332 e. The molecule has 2 heterocycles. The van der Waals surface area contributed by atoms with Gasteiger partial charge in [-0.2, -0.15) is 0 Å². The van der Waals surface area contributed by atoms with Gasteiger partial charge in [0.15, 0.2) is 17.6 Å². The van der Waals surface area contributed by atoms with Gasteiger partial charge < -0.3 is 24.4 Å². The molecule has 0 aliphatic carbocycles. The van der Waals surface area contributed by atoms with E-state index in [9.17, 15) is 14.7 Å². The fraction of sp³-hybridized carbons (Fsp3) is 0.692. The van der Waals surface area contributed by atoms with E-state index in [4.69, 9.17) is 19.3 Å². The number of esters is 1. The van der Waals surface area contributed by atoms with Gasteiger partial charge in [0.1, 0.15) is 0 Å². The largest absolute Gasteiger partial charge is 0.493 e. The van der Waals surface area contributed by atoms with Crippen LogP contribution in [-0.4, -0.2) is 67.1 Å². The summed E-state index contributed by atoms with van der Waals surface area (Å²) in [5.74, 6) is 1.13. The average Bonchev–Trinajstić information content (AvgIpc) is 2.81. The lowest BCUT2D eigenvalue weighted by Crippen LogP contribution is -2.47. The molecular formula is C26H39NO7. The number of piperidine rings is 1. The number of benzene rings is 1. The molecule has 2 N–H and O–H groups in total. The van der Waals surface area contributed by atoms with E-state index < -0.39 is 12.1 Å². The second-order valence-electron chi connectivity index (χ2n) is 9.98. The van der Waals surface area contributed by atoms with Crippen molar-refractivity contribution in [1.29, 1.82) is 0 Å². The number of nitrogens with zero attached hydrogens (tertiary/aromatic N) is 1. The Balaban J connectivity index is 1.68. The zero-order chi connectivity index (χ0) is 24.8. The van der Waals surface area contributed by atoms with E-state index in [0.717, 1.165) is 43.9 Å². The summed E-state index contributed by atoms with van der Waals surface area (Å²) in [6.45, 7) is 6.80. The van der Waals surface area contributed by atoms with Crippen molar-refractivity contribution in [3.8, 4) is 11.5 Å². The van der Waals surface area contributed by atoms with Crippen LogP contribution < -0.4 is 9.47 Å². The number of carboxylic acids is 1. The zero-order valence-corrected chi connectivity index (χ0v) is 20.8. The summed E-state index contributed by atoms with van der Waals surface area (Å²) < 4.78 is 16.7. The number of hydrogen-bond acceptors (Lipinski definition) is 7. The highest BCUT2D eigenvalue weighted by molar-refractivity contribution is 5.72. The van der Waals surface area contributed by atoms with E-state index in [1.165, 1.54) is 11.1 Å². The number of carbonyl (C=O) groups excluding carboxylic acids is 1. The number of aliphatic hydroxyl groups excluding tert-OH is 1. The molecule has 8 heteroatoms. The molecule has 0 radical (unpaired) electrons. The van der Waals surface area contributed by atoms with Crippen LogP contribution in [-0.2, 0) is 20.7 Å². The first kappa shape index (κ1) is 26.3. The standard InChI is InChI=1S/C26H39NO7/c1-16(2)10-18-14-27-9-8-17-12-23(32-3)24(33-4)13-20(17)21(27)11-19(18)15-34-25(29)7-5-6-22(28)26(30)31/h12-13,16,18-19,21-22,28H,5-11,14-15H2,1-4H3,(H,30,31)/t18-,19+,21-,22+/m1/s1. The molecule has 8 nitrogen and oxygen atoms in total. The van der Waals surface area contributed by atoms with Crippen molar-refractivity contribution in [2.75, 3.05) is 33.9 Å². The van der Waals surface area contributed by atoms with Gasteiger partial charge in [-0.1, -0.05) is 13.8 Å². The van der Waals surface area contributed by atoms with Crippen molar-refractivity contribution in [3.05, 3.63) is 23.3 Å². The molecule has 0 unspecified atom stereocenters. The smallest absolute Gasteiger partial charge is 0.332 e. The first-order chi connectivity index (χ1) is 16.2. The molecule has 2 aliphatic heterocycles. The van der Waals surface area contributed by atoms with Crippen molar-refractivity contribution in [1.82, 2.24) is 4.90 Å². The fourth-order valence-electron chi connectivity index (χ4n) is 5.42. The zero-order valence-electron chi connectivity index (χ0n) is 20.8. The van der Waals surface area contributed by atoms with E-state index in [1.54, 1.807) is 14.2 Å². The normalized spacial score (nSPS) is 23.1. The Hall–Kier alpha value is -2.32. The lowest BCUT2D eigenvalue weighted by Gasteiger charge is -2.47. The minimum Gasteiger partial charge on any atom is -0.493 e. The third-order valence-electron chi connectivity index (χ3n) is 7.15. The van der Waals surface area contributed by atoms with Crippen LogP contribution in [0, 0.1) is 17.8 Å². The van der Waals surface area contributed by atoms with Gasteiger partial charge in [-0.3, -0.25) is 9.69 Å². The molecule has 1 aromatic rings. The van der Waals surface area contributed by atoms with Gasteiger partial charge in [0.2, 0.25) is 0 Å². The van der Waals surface area contributed by atoms with Crippen LogP contribution in [0.25, 0.3) is 0 Å². The molecule has 0 saturated carbocycles. The Labute approximate surface area is 202 Å². The van der Waals surface area contributed by atoms with E-state index in [-0.39, 0.29) is 37.2 Å². The molecule has 3 rings (SSSR count). The Morgan fingerprint density at radius 3 is 2.50 bits per heavy atom. The van der Waals surface area contributed by atoms with Gasteiger partial charge in [-0.15, -0.1) is 0 Å². The first-order valence-electron chi connectivity index (χ1n) is 12.3. The molecule has 0 bridgehead atoms. The molecule has 2 aliphatic rings. The van der Waals surface area contributed by atoms with Gasteiger partial charge in [0.25, 0.3) is 0 Å². The minimum absolute atomic E-state index is 0.0446. The van der Waals surface area contributed by atoms with Crippen LogP contribution in [0.4, 0.5) is 0 Å². The molecule has 1 saturated heterocycles. The van der Waals surface area contributed by atoms with Crippen molar-refractivity contribution in [2.24, 2.45) is 17.8 Å². The van der Waals surface area contributed by atoms with E-state index in [1.807, 2.05) is 0 Å². The van der Waals surface area contributed by atoms with Gasteiger partial charge >= 0.3 is 11.9 Å². The summed E-state index contributed by atoms with van der Waals surface area (Å²) in [6, 6.07) is 4.44. The second-order valence-corrected chi connectivity index (χ2v) is 9.98.